The van der Waals surface area contributed by atoms with Crippen LogP contribution in [0.15, 0.2) is 47.5 Å². The smallest absolute Gasteiger partial charge is 0.349 e. The van der Waals surface area contributed by atoms with Gasteiger partial charge in [0.25, 0.3) is 5.91 Å². The highest BCUT2D eigenvalue weighted by molar-refractivity contribution is 6.41. The fourth-order valence-corrected chi connectivity index (χ4v) is 5.06. The van der Waals surface area contributed by atoms with E-state index in [-0.39, 0.29) is 35.5 Å². The van der Waals surface area contributed by atoms with Gasteiger partial charge in [-0.05, 0) is 43.4 Å². The van der Waals surface area contributed by atoms with Crippen LogP contribution in [-0.2, 0) is 25.5 Å². The van der Waals surface area contributed by atoms with Gasteiger partial charge in [0.2, 0.25) is 11.8 Å². The van der Waals surface area contributed by atoms with E-state index in [0.717, 1.165) is 5.39 Å². The maximum absolute atomic E-state index is 14.0. The van der Waals surface area contributed by atoms with E-state index in [1.165, 1.54) is 11.0 Å². The van der Waals surface area contributed by atoms with Gasteiger partial charge in [-0.1, -0.05) is 61.9 Å². The highest BCUT2D eigenvalue weighted by atomic mass is 35.5. The third kappa shape index (κ3) is 7.92. The first-order valence-corrected chi connectivity index (χ1v) is 14.4. The zero-order valence-corrected chi connectivity index (χ0v) is 25.2. The third-order valence-electron chi connectivity index (χ3n) is 7.00. The lowest BCUT2D eigenvalue weighted by molar-refractivity contribution is -0.142. The standard InChI is InChI=1S/C29H35ClN8O5/c1-5-43-28(42)19(30)15-18(16-23-34-36-37-35-23)31-26(40)22-11-8-14-38(22)27(41)24(29(2,3)4)33-25(39)21-13-12-17-9-6-7-10-20(17)32-21/h6-7,9-10,12-13,15,18,22,24H,5,8,11,14,16H2,1-4H3,(H,31,40)(H,33,39)(H,34,35,36,37)/b19-15-/t18-,22-,24+/m1/s1. The molecule has 3 amide bonds. The lowest BCUT2D eigenvalue weighted by atomic mass is 9.85. The zero-order valence-electron chi connectivity index (χ0n) is 24.5. The van der Waals surface area contributed by atoms with E-state index in [4.69, 9.17) is 16.3 Å². The van der Waals surface area contributed by atoms with Gasteiger partial charge < -0.3 is 20.3 Å². The highest BCUT2D eigenvalue weighted by Crippen LogP contribution is 2.26. The van der Waals surface area contributed by atoms with Crippen LogP contribution in [0.4, 0.5) is 0 Å². The van der Waals surface area contributed by atoms with Gasteiger partial charge in [0.1, 0.15) is 22.8 Å². The summed E-state index contributed by atoms with van der Waals surface area (Å²) in [6.07, 6.45) is 2.44. The number of aromatic nitrogens is 5. The summed E-state index contributed by atoms with van der Waals surface area (Å²) in [6.45, 7) is 7.65. The van der Waals surface area contributed by atoms with E-state index >= 15 is 0 Å². The molecule has 0 bridgehead atoms. The van der Waals surface area contributed by atoms with Crippen molar-refractivity contribution in [2.45, 2.75) is 65.1 Å². The Labute approximate surface area is 253 Å². The van der Waals surface area contributed by atoms with Crippen molar-refractivity contribution in [3.05, 3.63) is 59.0 Å². The normalized spacial score (nSPS) is 16.9. The average molecular weight is 611 g/mol. The monoisotopic (exact) mass is 610 g/mol. The predicted molar refractivity (Wildman–Crippen MR) is 158 cm³/mol. The molecule has 1 aliphatic heterocycles. The molecule has 228 valence electrons. The molecule has 3 aromatic rings. The number of aromatic amines is 1. The first-order chi connectivity index (χ1) is 20.5. The Kier molecular flexibility index (Phi) is 10.1. The summed E-state index contributed by atoms with van der Waals surface area (Å²) in [6, 6.07) is 8.32. The molecule has 0 saturated carbocycles. The number of para-hydroxylation sites is 1. The minimum atomic E-state index is -0.935. The van der Waals surface area contributed by atoms with Crippen molar-refractivity contribution in [1.29, 1.82) is 0 Å². The zero-order chi connectivity index (χ0) is 31.1. The second-order valence-corrected chi connectivity index (χ2v) is 11.6. The number of pyridine rings is 1. The third-order valence-corrected chi connectivity index (χ3v) is 7.28. The molecular formula is C29H35ClN8O5. The molecule has 0 unspecified atom stereocenters. The summed E-state index contributed by atoms with van der Waals surface area (Å²) < 4.78 is 4.94. The van der Waals surface area contributed by atoms with E-state index in [1.54, 1.807) is 19.1 Å². The Bertz CT molecular complexity index is 1500. The van der Waals surface area contributed by atoms with Crippen molar-refractivity contribution in [1.82, 2.24) is 41.1 Å². The maximum Gasteiger partial charge on any atom is 0.349 e. The number of halogens is 1. The molecular weight excluding hydrogens is 576 g/mol. The van der Waals surface area contributed by atoms with Crippen molar-refractivity contribution >= 4 is 46.2 Å². The molecule has 1 aliphatic rings. The van der Waals surface area contributed by atoms with Crippen molar-refractivity contribution < 1.29 is 23.9 Å². The lowest BCUT2D eigenvalue weighted by Crippen LogP contribution is -2.58. The van der Waals surface area contributed by atoms with E-state index in [9.17, 15) is 19.2 Å². The molecule has 3 atom stereocenters. The molecule has 3 N–H and O–H groups in total. The average Bonchev–Trinajstić information content (AvgIpc) is 3.67. The van der Waals surface area contributed by atoms with Crippen LogP contribution in [-0.4, -0.2) is 85.5 Å². The van der Waals surface area contributed by atoms with E-state index in [1.807, 2.05) is 45.0 Å². The number of rotatable bonds is 10. The first-order valence-electron chi connectivity index (χ1n) is 14.0. The van der Waals surface area contributed by atoms with Gasteiger partial charge in [-0.15, -0.1) is 10.2 Å². The topological polar surface area (TPSA) is 172 Å². The lowest BCUT2D eigenvalue weighted by Gasteiger charge is -2.35. The van der Waals surface area contributed by atoms with Crippen LogP contribution in [0.1, 0.15) is 56.8 Å². The summed E-state index contributed by atoms with van der Waals surface area (Å²) in [7, 11) is 0. The number of ether oxygens (including phenoxy) is 1. The van der Waals surface area contributed by atoms with Gasteiger partial charge >= 0.3 is 5.97 Å². The summed E-state index contributed by atoms with van der Waals surface area (Å²) in [5, 5.41) is 20.1. The SMILES string of the molecule is CCOC(=O)/C(Cl)=C/[C@H](Cc1nn[nH]n1)NC(=O)[C@H]1CCCN1C(=O)[C@H](NC(=O)c1ccc2ccccc2n1)C(C)(C)C. The molecule has 14 heteroatoms. The fraction of sp³-hybridized carbons (Fsp3) is 0.448. The second kappa shape index (κ2) is 13.7. The number of carbonyl (C=O) groups is 4. The molecule has 4 rings (SSSR count). The van der Waals surface area contributed by atoms with Gasteiger partial charge in [0.05, 0.1) is 18.2 Å². The van der Waals surface area contributed by atoms with Gasteiger partial charge in [-0.25, -0.2) is 9.78 Å². The van der Waals surface area contributed by atoms with Gasteiger partial charge in [-0.3, -0.25) is 14.4 Å². The predicted octanol–water partition coefficient (Wildman–Crippen LogP) is 2.30. The van der Waals surface area contributed by atoms with Crippen molar-refractivity contribution in [2.24, 2.45) is 5.41 Å². The number of esters is 1. The largest absolute Gasteiger partial charge is 0.462 e. The summed E-state index contributed by atoms with van der Waals surface area (Å²) in [5.74, 6) is -1.77. The molecule has 0 spiro atoms. The fourth-order valence-electron chi connectivity index (χ4n) is 4.86. The van der Waals surface area contributed by atoms with Crippen LogP contribution < -0.4 is 10.6 Å². The molecule has 1 aromatic carbocycles. The molecule has 2 aromatic heterocycles. The Morgan fingerprint density at radius 1 is 1.16 bits per heavy atom. The van der Waals surface area contributed by atoms with Crippen LogP contribution in [0.3, 0.4) is 0 Å². The molecule has 1 saturated heterocycles. The van der Waals surface area contributed by atoms with Crippen LogP contribution in [0, 0.1) is 5.41 Å². The minimum absolute atomic E-state index is 0.0813. The molecule has 0 aliphatic carbocycles. The van der Waals surface area contributed by atoms with Crippen LogP contribution in [0.5, 0.6) is 0 Å². The molecule has 43 heavy (non-hydrogen) atoms. The van der Waals surface area contributed by atoms with Gasteiger partial charge in [-0.2, -0.15) is 5.21 Å². The number of fused-ring (bicyclic) bond motifs is 1. The quantitative estimate of drug-likeness (QED) is 0.230. The van der Waals surface area contributed by atoms with E-state index in [2.05, 4.69) is 36.2 Å². The Morgan fingerprint density at radius 2 is 1.93 bits per heavy atom. The second-order valence-electron chi connectivity index (χ2n) is 11.2. The number of nitrogens with one attached hydrogen (secondary N) is 3. The molecule has 1 fully saturated rings. The number of likely N-dealkylation sites (tertiary alicyclic amines) is 1. The Hall–Kier alpha value is -4.39. The Morgan fingerprint density at radius 3 is 2.63 bits per heavy atom. The molecule has 0 radical (unpaired) electrons. The van der Waals surface area contributed by atoms with Gasteiger partial charge in [0.15, 0.2) is 5.82 Å². The van der Waals surface area contributed by atoms with Crippen LogP contribution in [0.2, 0.25) is 0 Å². The van der Waals surface area contributed by atoms with Crippen molar-refractivity contribution in [3.63, 3.8) is 0 Å². The number of nitrogens with zero attached hydrogens (tertiary/aromatic N) is 5. The number of amides is 3. The molecule has 13 nitrogen and oxygen atoms in total. The molecule has 3 heterocycles. The van der Waals surface area contributed by atoms with Crippen molar-refractivity contribution in [2.75, 3.05) is 13.2 Å². The van der Waals surface area contributed by atoms with Crippen LogP contribution in [0.25, 0.3) is 10.9 Å². The first kappa shape index (κ1) is 31.5. The van der Waals surface area contributed by atoms with E-state index < -0.39 is 41.3 Å². The summed E-state index contributed by atoms with van der Waals surface area (Å²) >= 11 is 6.15. The summed E-state index contributed by atoms with van der Waals surface area (Å²) in [5.41, 5.74) is 0.174. The van der Waals surface area contributed by atoms with Crippen LogP contribution >= 0.6 is 11.6 Å². The number of hydrogen-bond donors (Lipinski definition) is 3. The number of tetrazole rings is 1. The number of benzene rings is 1. The number of hydrogen-bond acceptors (Lipinski definition) is 9. The van der Waals surface area contributed by atoms with Gasteiger partial charge in [0, 0.05) is 18.4 Å². The number of carbonyl (C=O) groups excluding carboxylic acids is 4. The highest BCUT2D eigenvalue weighted by Gasteiger charge is 2.42. The number of H-pyrrole nitrogens is 1. The van der Waals surface area contributed by atoms with E-state index in [0.29, 0.717) is 24.9 Å². The summed E-state index contributed by atoms with van der Waals surface area (Å²) in [4.78, 5) is 58.8. The van der Waals surface area contributed by atoms with Crippen molar-refractivity contribution in [3.8, 4) is 0 Å². The maximum atomic E-state index is 14.0. The Balaban J connectivity index is 1.51. The minimum Gasteiger partial charge on any atom is -0.462 e.